The van der Waals surface area contributed by atoms with Crippen LogP contribution in [-0.4, -0.2) is 39.5 Å². The highest BCUT2D eigenvalue weighted by Gasteiger charge is 2.12. The summed E-state index contributed by atoms with van der Waals surface area (Å²) in [6.45, 7) is 5.26. The normalized spacial score (nSPS) is 12.9. The van der Waals surface area contributed by atoms with E-state index in [9.17, 15) is 0 Å². The average molecular weight is 307 g/mol. The third kappa shape index (κ3) is 5.08. The minimum atomic E-state index is 0.361. The van der Waals surface area contributed by atoms with Gasteiger partial charge in [-0.2, -0.15) is 0 Å². The fourth-order valence-electron chi connectivity index (χ4n) is 2.36. The van der Waals surface area contributed by atoms with Gasteiger partial charge in [-0.15, -0.1) is 11.3 Å². The summed E-state index contributed by atoms with van der Waals surface area (Å²) in [4.78, 5) is 0. The van der Waals surface area contributed by atoms with E-state index in [2.05, 4.69) is 41.9 Å². The summed E-state index contributed by atoms with van der Waals surface area (Å²) in [6, 6.07) is 8.97. The van der Waals surface area contributed by atoms with Crippen molar-refractivity contribution >= 4 is 21.4 Å². The highest BCUT2D eigenvalue weighted by Crippen LogP contribution is 2.26. The smallest absolute Gasteiger partial charge is 0.0701 e. The van der Waals surface area contributed by atoms with E-state index in [-0.39, 0.29) is 0 Å². The van der Waals surface area contributed by atoms with Crippen molar-refractivity contribution in [2.45, 2.75) is 25.8 Å². The van der Waals surface area contributed by atoms with E-state index in [1.807, 2.05) is 11.3 Å². The molecule has 3 nitrogen and oxygen atoms in total. The fourth-order valence-corrected chi connectivity index (χ4v) is 3.34. The maximum absolute atomic E-state index is 5.71. The zero-order valence-corrected chi connectivity index (χ0v) is 13.7. The first kappa shape index (κ1) is 16.4. The predicted octanol–water partition coefficient (Wildman–Crippen LogP) is 3.48. The molecule has 0 saturated carbocycles. The van der Waals surface area contributed by atoms with E-state index in [1.54, 1.807) is 7.11 Å². The zero-order valence-electron chi connectivity index (χ0n) is 12.9. The molecule has 2 aromatic rings. The highest BCUT2D eigenvalue weighted by molar-refractivity contribution is 7.17. The van der Waals surface area contributed by atoms with Crippen LogP contribution in [0.15, 0.2) is 29.6 Å². The molecule has 21 heavy (non-hydrogen) atoms. The Balaban J connectivity index is 1.96. The lowest BCUT2D eigenvalue weighted by Gasteiger charge is -2.18. The Morgan fingerprint density at radius 3 is 2.90 bits per heavy atom. The molecule has 0 aliphatic carbocycles. The molecule has 0 amide bonds. The zero-order chi connectivity index (χ0) is 14.9. The molecule has 0 aliphatic rings. The van der Waals surface area contributed by atoms with Crippen LogP contribution in [0.2, 0.25) is 0 Å². The second kappa shape index (κ2) is 9.15. The number of nitrogens with one attached hydrogen (secondary N) is 1. The largest absolute Gasteiger partial charge is 0.382 e. The molecule has 0 spiro atoms. The number of rotatable bonds is 10. The van der Waals surface area contributed by atoms with Crippen LogP contribution in [0, 0.1) is 0 Å². The van der Waals surface area contributed by atoms with Crippen molar-refractivity contribution in [3.8, 4) is 0 Å². The van der Waals surface area contributed by atoms with E-state index in [4.69, 9.17) is 9.47 Å². The van der Waals surface area contributed by atoms with E-state index in [0.29, 0.717) is 19.3 Å². The van der Waals surface area contributed by atoms with E-state index >= 15 is 0 Å². The predicted molar refractivity (Wildman–Crippen MR) is 90.3 cm³/mol. The van der Waals surface area contributed by atoms with Crippen LogP contribution in [0.4, 0.5) is 0 Å². The van der Waals surface area contributed by atoms with Crippen molar-refractivity contribution in [2.24, 2.45) is 0 Å². The minimum Gasteiger partial charge on any atom is -0.382 e. The lowest BCUT2D eigenvalue weighted by atomic mass is 10.1. The molecule has 0 fully saturated rings. The quantitative estimate of drug-likeness (QED) is 0.682. The number of methoxy groups -OCH3 is 1. The molecule has 0 bridgehead atoms. The number of ether oxygens (including phenoxy) is 2. The van der Waals surface area contributed by atoms with Crippen LogP contribution < -0.4 is 5.32 Å². The van der Waals surface area contributed by atoms with Gasteiger partial charge >= 0.3 is 0 Å². The van der Waals surface area contributed by atoms with E-state index < -0.39 is 0 Å². The molecule has 1 heterocycles. The molecule has 1 N–H and O–H groups in total. The molecular weight excluding hydrogens is 282 g/mol. The van der Waals surface area contributed by atoms with E-state index in [1.165, 1.54) is 15.6 Å². The first-order valence-corrected chi connectivity index (χ1v) is 8.48. The molecule has 0 saturated heterocycles. The van der Waals surface area contributed by atoms with Gasteiger partial charge in [-0.3, -0.25) is 0 Å². The molecule has 4 heteroatoms. The van der Waals surface area contributed by atoms with Gasteiger partial charge in [-0.05, 0) is 41.8 Å². The van der Waals surface area contributed by atoms with Crippen LogP contribution in [0.1, 0.15) is 18.9 Å². The van der Waals surface area contributed by atoms with Crippen LogP contribution >= 0.6 is 11.3 Å². The topological polar surface area (TPSA) is 30.5 Å². The number of benzene rings is 1. The monoisotopic (exact) mass is 307 g/mol. The molecule has 1 aromatic heterocycles. The summed E-state index contributed by atoms with van der Waals surface area (Å²) < 4.78 is 12.1. The lowest BCUT2D eigenvalue weighted by molar-refractivity contribution is 0.0588. The van der Waals surface area contributed by atoms with Gasteiger partial charge in [0.05, 0.1) is 19.8 Å². The minimum absolute atomic E-state index is 0.361. The van der Waals surface area contributed by atoms with Gasteiger partial charge in [0, 0.05) is 17.9 Å². The standard InChI is InChI=1S/C17H25NO2S/c1-3-8-18-15(12-20-10-9-19-2)11-14-13-21-17-7-5-4-6-16(14)17/h4-7,13,15,18H,3,8-12H2,1-2H3. The third-order valence-electron chi connectivity index (χ3n) is 3.46. The molecule has 1 unspecified atom stereocenters. The summed E-state index contributed by atoms with van der Waals surface area (Å²) in [6.07, 6.45) is 2.15. The Bertz CT molecular complexity index is 526. The first-order chi connectivity index (χ1) is 10.3. The summed E-state index contributed by atoms with van der Waals surface area (Å²) in [5, 5.41) is 7.24. The van der Waals surface area contributed by atoms with Crippen molar-refractivity contribution in [3.63, 3.8) is 0 Å². The van der Waals surface area contributed by atoms with Gasteiger partial charge < -0.3 is 14.8 Å². The molecule has 0 aliphatic heterocycles. The van der Waals surface area contributed by atoms with Crippen LogP contribution in [-0.2, 0) is 15.9 Å². The second-order valence-corrected chi connectivity index (χ2v) is 6.09. The van der Waals surface area contributed by atoms with Crippen LogP contribution in [0.5, 0.6) is 0 Å². The van der Waals surface area contributed by atoms with Gasteiger partial charge in [0.2, 0.25) is 0 Å². The number of hydrogen-bond donors (Lipinski definition) is 1. The Kier molecular flexibility index (Phi) is 7.16. The van der Waals surface area contributed by atoms with Crippen LogP contribution in [0.25, 0.3) is 10.1 Å². The van der Waals surface area contributed by atoms with Crippen LogP contribution in [0.3, 0.4) is 0 Å². The maximum atomic E-state index is 5.71. The molecule has 0 radical (unpaired) electrons. The maximum Gasteiger partial charge on any atom is 0.0701 e. The number of hydrogen-bond acceptors (Lipinski definition) is 4. The van der Waals surface area contributed by atoms with Crippen molar-refractivity contribution < 1.29 is 9.47 Å². The summed E-state index contributed by atoms with van der Waals surface area (Å²) in [5.41, 5.74) is 1.42. The number of thiophene rings is 1. The average Bonchev–Trinajstić information content (AvgIpc) is 2.92. The fraction of sp³-hybridized carbons (Fsp3) is 0.529. The van der Waals surface area contributed by atoms with Crippen molar-refractivity contribution in [2.75, 3.05) is 33.5 Å². The molecule has 116 valence electrons. The van der Waals surface area contributed by atoms with E-state index in [0.717, 1.165) is 26.0 Å². The molecule has 1 aromatic carbocycles. The summed E-state index contributed by atoms with van der Waals surface area (Å²) >= 11 is 1.82. The molecular formula is C17H25NO2S. The van der Waals surface area contributed by atoms with Crippen molar-refractivity contribution in [1.82, 2.24) is 5.32 Å². The first-order valence-electron chi connectivity index (χ1n) is 7.60. The second-order valence-electron chi connectivity index (χ2n) is 5.18. The molecule has 2 rings (SSSR count). The Labute approximate surface area is 131 Å². The van der Waals surface area contributed by atoms with Gasteiger partial charge in [-0.25, -0.2) is 0 Å². The van der Waals surface area contributed by atoms with Crippen molar-refractivity contribution in [1.29, 1.82) is 0 Å². The van der Waals surface area contributed by atoms with Crippen molar-refractivity contribution in [3.05, 3.63) is 35.2 Å². The SMILES string of the molecule is CCCNC(COCCOC)Cc1csc2ccccc12. The Morgan fingerprint density at radius 2 is 2.10 bits per heavy atom. The van der Waals surface area contributed by atoms with Gasteiger partial charge in [-0.1, -0.05) is 25.1 Å². The molecule has 1 atom stereocenters. The van der Waals surface area contributed by atoms with Gasteiger partial charge in [0.15, 0.2) is 0 Å². The Morgan fingerprint density at radius 1 is 1.24 bits per heavy atom. The number of fused-ring (bicyclic) bond motifs is 1. The Hall–Kier alpha value is -0.940. The highest BCUT2D eigenvalue weighted by atomic mass is 32.1. The summed E-state index contributed by atoms with van der Waals surface area (Å²) in [7, 11) is 1.70. The van der Waals surface area contributed by atoms with Gasteiger partial charge in [0.25, 0.3) is 0 Å². The third-order valence-corrected chi connectivity index (χ3v) is 4.47. The lowest BCUT2D eigenvalue weighted by Crippen LogP contribution is -2.36. The summed E-state index contributed by atoms with van der Waals surface area (Å²) in [5.74, 6) is 0. The van der Waals surface area contributed by atoms with Gasteiger partial charge in [0.1, 0.15) is 0 Å².